The van der Waals surface area contributed by atoms with E-state index in [-0.39, 0.29) is 0 Å². The zero-order chi connectivity index (χ0) is 9.68. The second-order valence-corrected chi connectivity index (χ2v) is 3.33. The number of anilines is 1. The number of hydrogen-bond donors (Lipinski definition) is 1. The Hall–Kier alpha value is -0.960. The predicted octanol–water partition coefficient (Wildman–Crippen LogP) is 2.99. The molecule has 0 aliphatic rings. The molecular formula is C10H12BrNO. The minimum absolute atomic E-state index is 0.568. The average molecular weight is 242 g/mol. The summed E-state index contributed by atoms with van der Waals surface area (Å²) < 4.78 is 6.26. The maximum Gasteiger partial charge on any atom is 0.136 e. The highest BCUT2D eigenvalue weighted by Crippen LogP contribution is 2.30. The standard InChI is InChI=1S/C10H12BrNO/c1-2-3-7-13-9-6-4-5-8(12)10(9)11/h2-6H,7,12H2,1H3/b3-2+. The Morgan fingerprint density at radius 3 is 3.00 bits per heavy atom. The molecule has 2 nitrogen and oxygen atoms in total. The summed E-state index contributed by atoms with van der Waals surface area (Å²) in [6.07, 6.45) is 3.88. The number of nitrogens with two attached hydrogens (primary N) is 1. The van der Waals surface area contributed by atoms with Crippen molar-refractivity contribution in [2.24, 2.45) is 0 Å². The highest BCUT2D eigenvalue weighted by Gasteiger charge is 2.01. The van der Waals surface area contributed by atoms with Gasteiger partial charge in [0.05, 0.1) is 4.47 Å². The Kier molecular flexibility index (Phi) is 3.83. The molecule has 0 aliphatic heterocycles. The maximum absolute atomic E-state index is 5.68. The minimum Gasteiger partial charge on any atom is -0.488 e. The average Bonchev–Trinajstić information content (AvgIpc) is 2.13. The van der Waals surface area contributed by atoms with E-state index in [0.717, 1.165) is 10.2 Å². The molecule has 0 atom stereocenters. The van der Waals surface area contributed by atoms with E-state index in [2.05, 4.69) is 15.9 Å². The van der Waals surface area contributed by atoms with E-state index >= 15 is 0 Å². The van der Waals surface area contributed by atoms with Gasteiger partial charge in [-0.15, -0.1) is 0 Å². The maximum atomic E-state index is 5.68. The van der Waals surface area contributed by atoms with Gasteiger partial charge in [-0.25, -0.2) is 0 Å². The van der Waals surface area contributed by atoms with Gasteiger partial charge in [0.15, 0.2) is 0 Å². The number of allylic oxidation sites excluding steroid dienone is 1. The fraction of sp³-hybridized carbons (Fsp3) is 0.200. The predicted molar refractivity (Wildman–Crippen MR) is 58.9 cm³/mol. The van der Waals surface area contributed by atoms with Crippen molar-refractivity contribution in [2.45, 2.75) is 6.92 Å². The first kappa shape index (κ1) is 10.1. The van der Waals surface area contributed by atoms with E-state index < -0.39 is 0 Å². The molecule has 0 heterocycles. The van der Waals surface area contributed by atoms with Crippen LogP contribution in [0.15, 0.2) is 34.8 Å². The highest BCUT2D eigenvalue weighted by molar-refractivity contribution is 9.10. The lowest BCUT2D eigenvalue weighted by Gasteiger charge is -2.06. The van der Waals surface area contributed by atoms with Gasteiger partial charge in [0, 0.05) is 5.69 Å². The van der Waals surface area contributed by atoms with Gasteiger partial charge in [0.2, 0.25) is 0 Å². The van der Waals surface area contributed by atoms with Crippen molar-refractivity contribution in [1.29, 1.82) is 0 Å². The lowest BCUT2D eigenvalue weighted by Crippen LogP contribution is -1.96. The summed E-state index contributed by atoms with van der Waals surface area (Å²) in [4.78, 5) is 0. The summed E-state index contributed by atoms with van der Waals surface area (Å²) in [7, 11) is 0. The molecule has 0 fully saturated rings. The van der Waals surface area contributed by atoms with Crippen LogP contribution in [-0.2, 0) is 0 Å². The van der Waals surface area contributed by atoms with Crippen LogP contribution in [0, 0.1) is 0 Å². The smallest absolute Gasteiger partial charge is 0.136 e. The normalized spacial score (nSPS) is 10.6. The lowest BCUT2D eigenvalue weighted by molar-refractivity contribution is 0.360. The van der Waals surface area contributed by atoms with E-state index in [1.54, 1.807) is 0 Å². The Morgan fingerprint density at radius 1 is 1.54 bits per heavy atom. The molecule has 0 radical (unpaired) electrons. The molecule has 2 N–H and O–H groups in total. The quantitative estimate of drug-likeness (QED) is 0.653. The first-order valence-corrected chi connectivity index (χ1v) is 4.83. The van der Waals surface area contributed by atoms with Gasteiger partial charge in [0.1, 0.15) is 12.4 Å². The first-order chi connectivity index (χ1) is 6.25. The van der Waals surface area contributed by atoms with Crippen LogP contribution in [0.3, 0.4) is 0 Å². The Labute approximate surface area is 86.5 Å². The van der Waals surface area contributed by atoms with Crippen LogP contribution in [0.5, 0.6) is 5.75 Å². The number of rotatable bonds is 3. The fourth-order valence-corrected chi connectivity index (χ4v) is 1.25. The number of halogens is 1. The molecule has 1 aromatic carbocycles. The Morgan fingerprint density at radius 2 is 2.31 bits per heavy atom. The summed E-state index contributed by atoms with van der Waals surface area (Å²) >= 11 is 3.36. The van der Waals surface area contributed by atoms with Gasteiger partial charge < -0.3 is 10.5 Å². The molecule has 0 aromatic heterocycles. The number of nitrogen functional groups attached to an aromatic ring is 1. The van der Waals surface area contributed by atoms with Crippen LogP contribution in [-0.4, -0.2) is 6.61 Å². The third kappa shape index (κ3) is 2.77. The van der Waals surface area contributed by atoms with Gasteiger partial charge in [-0.2, -0.15) is 0 Å². The molecule has 0 saturated carbocycles. The largest absolute Gasteiger partial charge is 0.488 e. The summed E-state index contributed by atoms with van der Waals surface area (Å²) in [5.41, 5.74) is 6.37. The van der Waals surface area contributed by atoms with Gasteiger partial charge in [-0.3, -0.25) is 0 Å². The van der Waals surface area contributed by atoms with Crippen molar-refractivity contribution in [2.75, 3.05) is 12.3 Å². The molecular weight excluding hydrogens is 230 g/mol. The number of ether oxygens (including phenoxy) is 1. The second kappa shape index (κ2) is 4.92. The molecule has 0 amide bonds. The van der Waals surface area contributed by atoms with E-state index in [4.69, 9.17) is 10.5 Å². The summed E-state index contributed by atoms with van der Waals surface area (Å²) in [5, 5.41) is 0. The van der Waals surface area contributed by atoms with Crippen molar-refractivity contribution in [3.63, 3.8) is 0 Å². The van der Waals surface area contributed by atoms with Gasteiger partial charge >= 0.3 is 0 Å². The van der Waals surface area contributed by atoms with Crippen LogP contribution >= 0.6 is 15.9 Å². The monoisotopic (exact) mass is 241 g/mol. The van der Waals surface area contributed by atoms with Crippen molar-refractivity contribution >= 4 is 21.6 Å². The van der Waals surface area contributed by atoms with Crippen LogP contribution in [0.4, 0.5) is 5.69 Å². The molecule has 1 rings (SSSR count). The molecule has 0 spiro atoms. The minimum atomic E-state index is 0.568. The van der Waals surface area contributed by atoms with Gasteiger partial charge in [0.25, 0.3) is 0 Å². The molecule has 1 aromatic rings. The zero-order valence-electron chi connectivity index (χ0n) is 7.46. The first-order valence-electron chi connectivity index (χ1n) is 4.03. The van der Waals surface area contributed by atoms with Crippen molar-refractivity contribution < 1.29 is 4.74 Å². The molecule has 0 unspecified atom stereocenters. The highest BCUT2D eigenvalue weighted by atomic mass is 79.9. The van der Waals surface area contributed by atoms with E-state index in [1.807, 2.05) is 37.3 Å². The third-order valence-electron chi connectivity index (χ3n) is 1.56. The topological polar surface area (TPSA) is 35.2 Å². The second-order valence-electron chi connectivity index (χ2n) is 2.54. The van der Waals surface area contributed by atoms with Gasteiger partial charge in [-0.05, 0) is 35.0 Å². The molecule has 3 heteroatoms. The zero-order valence-corrected chi connectivity index (χ0v) is 9.04. The SMILES string of the molecule is C/C=C/COc1cccc(N)c1Br. The molecule has 13 heavy (non-hydrogen) atoms. The molecule has 70 valence electrons. The molecule has 0 saturated heterocycles. The molecule has 0 aliphatic carbocycles. The van der Waals surface area contributed by atoms with E-state index in [1.165, 1.54) is 0 Å². The number of benzene rings is 1. The summed E-state index contributed by atoms with van der Waals surface area (Å²) in [5.74, 6) is 0.776. The van der Waals surface area contributed by atoms with Crippen LogP contribution in [0.2, 0.25) is 0 Å². The van der Waals surface area contributed by atoms with Crippen LogP contribution in [0.25, 0.3) is 0 Å². The lowest BCUT2D eigenvalue weighted by atomic mass is 10.3. The summed E-state index contributed by atoms with van der Waals surface area (Å²) in [6.45, 7) is 2.52. The van der Waals surface area contributed by atoms with Gasteiger partial charge in [-0.1, -0.05) is 18.2 Å². The third-order valence-corrected chi connectivity index (χ3v) is 2.41. The van der Waals surface area contributed by atoms with E-state index in [9.17, 15) is 0 Å². The van der Waals surface area contributed by atoms with E-state index in [0.29, 0.717) is 12.3 Å². The van der Waals surface area contributed by atoms with Crippen molar-refractivity contribution in [3.05, 3.63) is 34.8 Å². The van der Waals surface area contributed by atoms with Crippen LogP contribution < -0.4 is 10.5 Å². The van der Waals surface area contributed by atoms with Crippen molar-refractivity contribution in [3.8, 4) is 5.75 Å². The van der Waals surface area contributed by atoms with Crippen LogP contribution in [0.1, 0.15) is 6.92 Å². The number of hydrogen-bond acceptors (Lipinski definition) is 2. The Balaban J connectivity index is 2.71. The van der Waals surface area contributed by atoms with Crippen molar-refractivity contribution in [1.82, 2.24) is 0 Å². The fourth-order valence-electron chi connectivity index (χ4n) is 0.873. The molecule has 0 bridgehead atoms. The summed E-state index contributed by atoms with van der Waals surface area (Å²) in [6, 6.07) is 5.57. The Bertz CT molecular complexity index is 310.